The monoisotopic (exact) mass is 586 g/mol. The SMILES string of the molecule is C.C.C.C.CC(C)[C@@H](C)CO.CC1(CO)CC1.CC1CCOCC1.C[C@H]1CCC(=O)N(C)C1.Cc1cccc(C)c1. The molecule has 2 aliphatic heterocycles. The molecule has 0 aromatic heterocycles. The molecular weight excluding hydrogens is 510 g/mol. The van der Waals surface area contributed by atoms with Gasteiger partial charge in [0, 0.05) is 46.4 Å². The van der Waals surface area contributed by atoms with Gasteiger partial charge in [0.05, 0.1) is 0 Å². The Kier molecular flexibility index (Phi) is 32.9. The van der Waals surface area contributed by atoms with Crippen molar-refractivity contribution >= 4 is 5.91 Å². The van der Waals surface area contributed by atoms with Crippen LogP contribution in [-0.2, 0) is 9.53 Å². The summed E-state index contributed by atoms with van der Waals surface area (Å²) in [5, 5.41) is 17.0. The predicted molar refractivity (Wildman–Crippen MR) is 184 cm³/mol. The summed E-state index contributed by atoms with van der Waals surface area (Å²) in [5.74, 6) is 2.99. The van der Waals surface area contributed by atoms with Crippen molar-refractivity contribution in [3.63, 3.8) is 0 Å². The first-order valence-electron chi connectivity index (χ1n) is 14.4. The van der Waals surface area contributed by atoms with Crippen LogP contribution in [0.1, 0.15) is 121 Å². The van der Waals surface area contributed by atoms with Crippen LogP contribution in [0, 0.1) is 42.9 Å². The van der Waals surface area contributed by atoms with E-state index in [9.17, 15) is 4.79 Å². The summed E-state index contributed by atoms with van der Waals surface area (Å²) in [4.78, 5) is 12.7. The molecule has 0 unspecified atom stereocenters. The van der Waals surface area contributed by atoms with Gasteiger partial charge in [-0.05, 0) is 75.0 Å². The average Bonchev–Trinajstić information content (AvgIpc) is 3.61. The van der Waals surface area contributed by atoms with Gasteiger partial charge in [0.15, 0.2) is 0 Å². The second-order valence-electron chi connectivity index (χ2n) is 12.2. The van der Waals surface area contributed by atoms with E-state index in [1.165, 1.54) is 36.8 Å². The molecule has 41 heavy (non-hydrogen) atoms. The standard InChI is InChI=1S/C8H10.C7H13NO.C6H12O.C6H14O.C5H10O.4CH4/c1-7-4-3-5-8(2)6-7;1-6-3-4-7(9)8(2)5-6;1-6-2-4-7-5-3-6;1-5(2)6(3)4-7;1-5(4-6)2-3-5;;;;/h3-6H,1-2H3;6H,3-5H2,1-2H3;6H,2-5H2,1H3;5-7H,4H2,1-3H3;6H,2-4H2,1H3;4*1H4/t;6-;;6-;;;;;/m.0.0...../s1. The minimum absolute atomic E-state index is 0. The molecule has 1 aromatic carbocycles. The Hall–Kier alpha value is -1.43. The number of amides is 1. The Labute approximate surface area is 258 Å². The van der Waals surface area contributed by atoms with Gasteiger partial charge in [-0.25, -0.2) is 0 Å². The second kappa shape index (κ2) is 27.4. The highest BCUT2D eigenvalue weighted by molar-refractivity contribution is 5.76. The summed E-state index contributed by atoms with van der Waals surface area (Å²) in [6, 6.07) is 8.45. The van der Waals surface area contributed by atoms with Crippen LogP contribution in [0.25, 0.3) is 0 Å². The van der Waals surface area contributed by atoms with Crippen molar-refractivity contribution in [2.45, 2.75) is 124 Å². The number of benzene rings is 1. The average molecular weight is 586 g/mol. The van der Waals surface area contributed by atoms with Gasteiger partial charge in [-0.15, -0.1) is 0 Å². The van der Waals surface area contributed by atoms with E-state index in [1.54, 1.807) is 0 Å². The molecule has 2 saturated heterocycles. The quantitative estimate of drug-likeness (QED) is 0.371. The molecule has 0 spiro atoms. The van der Waals surface area contributed by atoms with Gasteiger partial charge in [0.1, 0.15) is 0 Å². The molecule has 248 valence electrons. The molecule has 3 aliphatic rings. The fourth-order valence-corrected chi connectivity index (χ4v) is 3.43. The van der Waals surface area contributed by atoms with Gasteiger partial charge in [0.2, 0.25) is 5.91 Å². The number of aryl methyl sites for hydroxylation is 2. The van der Waals surface area contributed by atoms with Crippen molar-refractivity contribution in [2.24, 2.45) is 29.1 Å². The highest BCUT2D eigenvalue weighted by Crippen LogP contribution is 2.43. The Morgan fingerprint density at radius 2 is 1.41 bits per heavy atom. The van der Waals surface area contributed by atoms with Crippen molar-refractivity contribution in [3.8, 4) is 0 Å². The maximum Gasteiger partial charge on any atom is 0.222 e. The maximum absolute atomic E-state index is 10.9. The number of carbonyl (C=O) groups excluding carboxylic acids is 1. The smallest absolute Gasteiger partial charge is 0.222 e. The normalized spacial score (nSPS) is 19.0. The summed E-state index contributed by atoms with van der Waals surface area (Å²) >= 11 is 0. The number of aliphatic hydroxyl groups excluding tert-OH is 2. The lowest BCUT2D eigenvalue weighted by Gasteiger charge is -2.26. The summed E-state index contributed by atoms with van der Waals surface area (Å²) in [6.45, 7) is 20.7. The van der Waals surface area contributed by atoms with Gasteiger partial charge in [-0.1, -0.05) is 107 Å². The molecular formula is C36H75NO4. The van der Waals surface area contributed by atoms with Crippen molar-refractivity contribution in [3.05, 3.63) is 35.4 Å². The highest BCUT2D eigenvalue weighted by Gasteiger charge is 2.35. The summed E-state index contributed by atoms with van der Waals surface area (Å²) in [7, 11) is 1.87. The van der Waals surface area contributed by atoms with Gasteiger partial charge in [0.25, 0.3) is 0 Å². The first-order chi connectivity index (χ1) is 17.3. The Balaban J connectivity index is -0.000000129. The first kappa shape index (κ1) is 49.3. The number of hydrogen-bond acceptors (Lipinski definition) is 4. The third-order valence-electron chi connectivity index (χ3n) is 7.46. The van der Waals surface area contributed by atoms with Crippen LogP contribution in [-0.4, -0.2) is 61.0 Å². The van der Waals surface area contributed by atoms with E-state index in [4.69, 9.17) is 14.9 Å². The Bertz CT molecular complexity index is 694. The summed E-state index contributed by atoms with van der Waals surface area (Å²) < 4.78 is 5.14. The first-order valence-corrected chi connectivity index (χ1v) is 14.4. The van der Waals surface area contributed by atoms with E-state index in [-0.39, 0.29) is 29.7 Å². The number of carbonyl (C=O) groups is 1. The maximum atomic E-state index is 10.9. The zero-order valence-electron chi connectivity index (χ0n) is 25.6. The Morgan fingerprint density at radius 1 is 0.927 bits per heavy atom. The van der Waals surface area contributed by atoms with Crippen molar-refractivity contribution in [1.29, 1.82) is 0 Å². The fourth-order valence-electron chi connectivity index (χ4n) is 3.43. The van der Waals surface area contributed by atoms with E-state index in [1.807, 2.05) is 18.9 Å². The number of hydrogen-bond donors (Lipinski definition) is 2. The number of ether oxygens (including phenoxy) is 1. The molecule has 1 aromatic rings. The minimum Gasteiger partial charge on any atom is -0.396 e. The highest BCUT2D eigenvalue weighted by atomic mass is 16.5. The zero-order chi connectivity index (χ0) is 28.4. The van der Waals surface area contributed by atoms with Crippen molar-refractivity contribution < 1.29 is 19.7 Å². The third-order valence-corrected chi connectivity index (χ3v) is 7.46. The molecule has 1 amide bonds. The van der Waals surface area contributed by atoms with E-state index in [0.717, 1.165) is 38.5 Å². The van der Waals surface area contributed by atoms with Crippen molar-refractivity contribution in [2.75, 3.05) is 40.0 Å². The number of nitrogens with zero attached hydrogens (tertiary/aromatic N) is 1. The molecule has 2 atom stereocenters. The van der Waals surface area contributed by atoms with E-state index >= 15 is 0 Å². The van der Waals surface area contributed by atoms with Crippen LogP contribution < -0.4 is 0 Å². The van der Waals surface area contributed by atoms with Crippen LogP contribution in [0.3, 0.4) is 0 Å². The van der Waals surface area contributed by atoms with Crippen molar-refractivity contribution in [1.82, 2.24) is 4.90 Å². The molecule has 3 fully saturated rings. The number of likely N-dealkylation sites (tertiary alicyclic amines) is 1. The molecule has 5 heteroatoms. The Morgan fingerprint density at radius 3 is 1.61 bits per heavy atom. The molecule has 5 nitrogen and oxygen atoms in total. The number of aliphatic hydroxyl groups is 2. The number of rotatable bonds is 3. The summed E-state index contributed by atoms with van der Waals surface area (Å²) in [5.41, 5.74) is 3.02. The van der Waals surface area contributed by atoms with Crippen LogP contribution in [0.15, 0.2) is 24.3 Å². The van der Waals surface area contributed by atoms with E-state index in [0.29, 0.717) is 42.3 Å². The second-order valence-corrected chi connectivity index (χ2v) is 12.2. The zero-order valence-corrected chi connectivity index (χ0v) is 25.6. The van der Waals surface area contributed by atoms with Crippen LogP contribution in [0.4, 0.5) is 0 Å². The molecule has 1 aliphatic carbocycles. The molecule has 1 saturated carbocycles. The third kappa shape index (κ3) is 27.2. The van der Waals surface area contributed by atoms with Gasteiger partial charge < -0.3 is 19.8 Å². The lowest BCUT2D eigenvalue weighted by Crippen LogP contribution is -2.35. The molecule has 0 bridgehead atoms. The van der Waals surface area contributed by atoms with E-state index < -0.39 is 0 Å². The van der Waals surface area contributed by atoms with Crippen LogP contribution >= 0.6 is 0 Å². The van der Waals surface area contributed by atoms with Crippen LogP contribution in [0.2, 0.25) is 0 Å². The lowest BCUT2D eigenvalue weighted by molar-refractivity contribution is -0.132. The molecule has 2 N–H and O–H groups in total. The summed E-state index contributed by atoms with van der Waals surface area (Å²) in [6.07, 6.45) is 6.80. The fraction of sp³-hybridized carbons (Fsp3) is 0.806. The molecule has 2 heterocycles. The topological polar surface area (TPSA) is 70.0 Å². The van der Waals surface area contributed by atoms with E-state index in [2.05, 4.69) is 72.7 Å². The van der Waals surface area contributed by atoms with Gasteiger partial charge in [-0.2, -0.15) is 0 Å². The van der Waals surface area contributed by atoms with Gasteiger partial charge in [-0.3, -0.25) is 4.79 Å². The molecule has 0 radical (unpaired) electrons. The lowest BCUT2D eigenvalue weighted by atomic mass is 10.00. The van der Waals surface area contributed by atoms with Crippen LogP contribution in [0.5, 0.6) is 0 Å². The number of piperidine rings is 1. The molecule has 4 rings (SSSR count). The largest absolute Gasteiger partial charge is 0.396 e. The van der Waals surface area contributed by atoms with Gasteiger partial charge >= 0.3 is 0 Å². The minimum atomic E-state index is 0. The predicted octanol–water partition coefficient (Wildman–Crippen LogP) is 9.21.